The summed E-state index contributed by atoms with van der Waals surface area (Å²) in [5, 5.41) is 10.9. The Balaban J connectivity index is 0.00000242. The minimum atomic E-state index is 0. The molecule has 0 aliphatic heterocycles. The zero-order valence-corrected chi connectivity index (χ0v) is 13.4. The van der Waals surface area contributed by atoms with Crippen LogP contribution in [0.15, 0.2) is 42.5 Å². The Labute approximate surface area is 136 Å². The van der Waals surface area contributed by atoms with Crippen molar-refractivity contribution in [1.82, 2.24) is 0 Å². The fraction of sp³-hybridized carbons (Fsp3) is 0.235. The minimum Gasteiger partial charge on any atom is -1.00 e. The van der Waals surface area contributed by atoms with Crippen molar-refractivity contribution < 1.29 is 32.2 Å². The molecule has 5 heteroatoms. The van der Waals surface area contributed by atoms with Crippen LogP contribution in [0.25, 0.3) is 0 Å². The SMILES string of the molecule is COc1ccc(C/C=[NH+]/O)c(Cc2ccccc2)c1OC.[Cl-]. The molecule has 0 fully saturated rings. The second-order valence-electron chi connectivity index (χ2n) is 4.64. The van der Waals surface area contributed by atoms with Crippen LogP contribution in [-0.2, 0) is 12.8 Å². The summed E-state index contributed by atoms with van der Waals surface area (Å²) in [6.45, 7) is 0. The summed E-state index contributed by atoms with van der Waals surface area (Å²) >= 11 is 0. The van der Waals surface area contributed by atoms with Gasteiger partial charge in [0.25, 0.3) is 0 Å². The van der Waals surface area contributed by atoms with E-state index in [1.54, 1.807) is 20.4 Å². The number of halogens is 1. The predicted molar refractivity (Wildman–Crippen MR) is 81.3 cm³/mol. The molecule has 118 valence electrons. The maximum absolute atomic E-state index is 8.77. The molecule has 0 heterocycles. The average Bonchev–Trinajstić information content (AvgIpc) is 2.54. The van der Waals surface area contributed by atoms with Crippen LogP contribution in [0.2, 0.25) is 0 Å². The van der Waals surface area contributed by atoms with Crippen molar-refractivity contribution in [1.29, 1.82) is 0 Å². The Bertz CT molecular complexity index is 615. The van der Waals surface area contributed by atoms with Crippen LogP contribution in [-0.4, -0.2) is 25.6 Å². The standard InChI is InChI=1S/C17H19NO3.ClH/c1-20-16-9-8-14(10-11-18-19)15(17(16)21-2)12-13-6-4-3-5-7-13;/h3-9,11,19H,10,12H2,1-2H3;1H/b18-11+;. The Morgan fingerprint density at radius 3 is 2.36 bits per heavy atom. The quantitative estimate of drug-likeness (QED) is 0.382. The number of benzene rings is 2. The van der Waals surface area contributed by atoms with Gasteiger partial charge in [0, 0.05) is 12.0 Å². The topological polar surface area (TPSA) is 52.7 Å². The highest BCUT2D eigenvalue weighted by atomic mass is 35.5. The monoisotopic (exact) mass is 321 g/mol. The van der Waals surface area contributed by atoms with Gasteiger partial charge in [0.05, 0.1) is 20.6 Å². The van der Waals surface area contributed by atoms with Gasteiger partial charge in [0.1, 0.15) is 0 Å². The largest absolute Gasteiger partial charge is 1.00 e. The molecule has 0 saturated carbocycles. The summed E-state index contributed by atoms with van der Waals surface area (Å²) in [5.74, 6) is 1.45. The van der Waals surface area contributed by atoms with Crippen molar-refractivity contribution in [2.24, 2.45) is 0 Å². The molecule has 2 N–H and O–H groups in total. The van der Waals surface area contributed by atoms with Gasteiger partial charge in [-0.3, -0.25) is 5.21 Å². The van der Waals surface area contributed by atoms with Gasteiger partial charge in [0.2, 0.25) is 0 Å². The lowest BCUT2D eigenvalue weighted by Crippen LogP contribution is -3.00. The Kier molecular flexibility index (Phi) is 7.26. The van der Waals surface area contributed by atoms with Gasteiger partial charge >= 0.3 is 0 Å². The summed E-state index contributed by atoms with van der Waals surface area (Å²) in [7, 11) is 3.27. The van der Waals surface area contributed by atoms with Gasteiger partial charge in [-0.25, -0.2) is 0 Å². The van der Waals surface area contributed by atoms with E-state index in [9.17, 15) is 0 Å². The first kappa shape index (κ1) is 17.9. The van der Waals surface area contributed by atoms with Crippen molar-refractivity contribution >= 4 is 6.21 Å². The van der Waals surface area contributed by atoms with Crippen molar-refractivity contribution in [3.63, 3.8) is 0 Å². The summed E-state index contributed by atoms with van der Waals surface area (Å²) in [6, 6.07) is 14.1. The molecule has 0 radical (unpaired) electrons. The van der Waals surface area contributed by atoms with Gasteiger partial charge in [-0.15, -0.1) is 0 Å². The summed E-state index contributed by atoms with van der Waals surface area (Å²) < 4.78 is 10.9. The van der Waals surface area contributed by atoms with Crippen LogP contribution in [0.3, 0.4) is 0 Å². The van der Waals surface area contributed by atoms with Crippen LogP contribution in [0.1, 0.15) is 16.7 Å². The number of ether oxygens (including phenoxy) is 2. The van der Waals surface area contributed by atoms with Gasteiger partial charge in [-0.05, 0) is 22.3 Å². The molecule has 0 saturated heterocycles. The molecule has 0 unspecified atom stereocenters. The molecule has 2 aromatic rings. The molecule has 4 nitrogen and oxygen atoms in total. The Morgan fingerprint density at radius 1 is 1.05 bits per heavy atom. The third-order valence-corrected chi connectivity index (χ3v) is 3.38. The predicted octanol–water partition coefficient (Wildman–Crippen LogP) is -1.62. The summed E-state index contributed by atoms with van der Waals surface area (Å²) in [5.41, 5.74) is 3.34. The lowest BCUT2D eigenvalue weighted by Gasteiger charge is -2.16. The van der Waals surface area contributed by atoms with Crippen LogP contribution < -0.4 is 27.0 Å². The van der Waals surface area contributed by atoms with E-state index in [-0.39, 0.29) is 12.4 Å². The van der Waals surface area contributed by atoms with Crippen molar-refractivity contribution in [3.05, 3.63) is 59.2 Å². The van der Waals surface area contributed by atoms with Crippen LogP contribution in [0.4, 0.5) is 0 Å². The third kappa shape index (κ3) is 4.15. The van der Waals surface area contributed by atoms with Crippen molar-refractivity contribution in [3.8, 4) is 11.5 Å². The fourth-order valence-corrected chi connectivity index (χ4v) is 2.37. The van der Waals surface area contributed by atoms with E-state index in [0.717, 1.165) is 23.3 Å². The van der Waals surface area contributed by atoms with E-state index < -0.39 is 0 Å². The molecule has 0 aliphatic rings. The minimum absolute atomic E-state index is 0. The lowest BCUT2D eigenvalue weighted by molar-refractivity contribution is -0.734. The first-order valence-corrected chi connectivity index (χ1v) is 6.78. The van der Waals surface area contributed by atoms with Gasteiger partial charge in [-0.1, -0.05) is 36.4 Å². The second-order valence-corrected chi connectivity index (χ2v) is 4.64. The summed E-state index contributed by atoms with van der Waals surface area (Å²) in [6.07, 6.45) is 2.94. The van der Waals surface area contributed by atoms with Crippen molar-refractivity contribution in [2.45, 2.75) is 12.8 Å². The van der Waals surface area contributed by atoms with Crippen LogP contribution in [0.5, 0.6) is 11.5 Å². The highest BCUT2D eigenvalue weighted by Crippen LogP contribution is 2.35. The number of rotatable bonds is 6. The highest BCUT2D eigenvalue weighted by Gasteiger charge is 2.15. The number of hydrogen-bond acceptors (Lipinski definition) is 3. The maximum atomic E-state index is 8.77. The average molecular weight is 322 g/mol. The highest BCUT2D eigenvalue weighted by molar-refractivity contribution is 5.61. The molecular weight excluding hydrogens is 302 g/mol. The third-order valence-electron chi connectivity index (χ3n) is 3.38. The van der Waals surface area contributed by atoms with Gasteiger partial charge in [-0.2, -0.15) is 0 Å². The lowest BCUT2D eigenvalue weighted by atomic mass is 9.96. The molecule has 2 rings (SSSR count). The molecule has 0 spiro atoms. The zero-order chi connectivity index (χ0) is 15.1. The molecule has 2 aromatic carbocycles. The van der Waals surface area contributed by atoms with E-state index in [0.29, 0.717) is 12.2 Å². The van der Waals surface area contributed by atoms with Crippen molar-refractivity contribution in [2.75, 3.05) is 14.2 Å². The van der Waals surface area contributed by atoms with E-state index in [1.807, 2.05) is 30.3 Å². The Hall–Kier alpha value is -2.20. The fourth-order valence-electron chi connectivity index (χ4n) is 2.37. The maximum Gasteiger partial charge on any atom is 0.194 e. The van der Waals surface area contributed by atoms with E-state index in [1.165, 1.54) is 5.56 Å². The first-order chi connectivity index (χ1) is 10.3. The molecule has 22 heavy (non-hydrogen) atoms. The van der Waals surface area contributed by atoms with Crippen LogP contribution in [0, 0.1) is 0 Å². The van der Waals surface area contributed by atoms with E-state index in [4.69, 9.17) is 14.7 Å². The molecule has 0 amide bonds. The second kappa shape index (κ2) is 8.95. The van der Waals surface area contributed by atoms with Gasteiger partial charge in [0.15, 0.2) is 17.7 Å². The molecule has 0 aromatic heterocycles. The molecule has 0 bridgehead atoms. The van der Waals surface area contributed by atoms with Gasteiger partial charge < -0.3 is 21.9 Å². The molecule has 0 atom stereocenters. The number of nitrogens with one attached hydrogen (secondary N) is 1. The zero-order valence-electron chi connectivity index (χ0n) is 12.7. The summed E-state index contributed by atoms with van der Waals surface area (Å²) in [4.78, 5) is 0. The molecular formula is C17H20ClNO3. The Morgan fingerprint density at radius 2 is 1.77 bits per heavy atom. The number of methoxy groups -OCH3 is 2. The smallest absolute Gasteiger partial charge is 0.194 e. The molecule has 0 aliphatic carbocycles. The van der Waals surface area contributed by atoms with E-state index >= 15 is 0 Å². The van der Waals surface area contributed by atoms with Crippen LogP contribution >= 0.6 is 0 Å². The normalized spacial score (nSPS) is 10.3. The van der Waals surface area contributed by atoms with E-state index in [2.05, 4.69) is 17.3 Å². The first-order valence-electron chi connectivity index (χ1n) is 6.78. The number of hydrogen-bond donors (Lipinski definition) is 2.